The molecular formula is C16H20F3N3O. The average Bonchev–Trinajstić information content (AvgIpc) is 2.94. The van der Waals surface area contributed by atoms with Crippen molar-refractivity contribution in [3.63, 3.8) is 0 Å². The van der Waals surface area contributed by atoms with E-state index >= 15 is 0 Å². The van der Waals surface area contributed by atoms with Crippen LogP contribution in [-0.4, -0.2) is 10.1 Å². The maximum atomic E-state index is 12.7. The Kier molecular flexibility index (Phi) is 4.79. The minimum atomic E-state index is -4.34. The molecule has 0 aliphatic carbocycles. The number of hydrogen-bond acceptors (Lipinski definition) is 4. The molecule has 0 spiro atoms. The van der Waals surface area contributed by atoms with Gasteiger partial charge in [-0.3, -0.25) is 0 Å². The van der Waals surface area contributed by atoms with Gasteiger partial charge in [-0.1, -0.05) is 44.1 Å². The van der Waals surface area contributed by atoms with E-state index in [-0.39, 0.29) is 18.0 Å². The van der Waals surface area contributed by atoms with E-state index < -0.39 is 11.7 Å². The summed E-state index contributed by atoms with van der Waals surface area (Å²) in [7, 11) is 0. The second-order valence-electron chi connectivity index (χ2n) is 6.51. The topological polar surface area (TPSA) is 51.0 Å². The van der Waals surface area contributed by atoms with Gasteiger partial charge in [-0.05, 0) is 18.6 Å². The second kappa shape index (κ2) is 6.31. The highest BCUT2D eigenvalue weighted by atomic mass is 19.4. The Morgan fingerprint density at radius 1 is 1.22 bits per heavy atom. The van der Waals surface area contributed by atoms with Gasteiger partial charge in [0.2, 0.25) is 5.89 Å². The summed E-state index contributed by atoms with van der Waals surface area (Å²) < 4.78 is 43.3. The number of hydrogen-bond donors (Lipinski definition) is 1. The van der Waals surface area contributed by atoms with E-state index in [1.54, 1.807) is 6.07 Å². The first kappa shape index (κ1) is 17.5. The number of halogens is 3. The van der Waals surface area contributed by atoms with Gasteiger partial charge in [-0.2, -0.15) is 18.2 Å². The standard InChI is InChI=1S/C16H20F3N3O/c1-10(13-21-14(22-23-13)15(2,3)4)20-9-11-6-5-7-12(8-11)16(17,18)19/h5-8,10,20H,9H2,1-4H3. The predicted molar refractivity (Wildman–Crippen MR) is 79.7 cm³/mol. The third-order valence-electron chi connectivity index (χ3n) is 3.35. The monoisotopic (exact) mass is 327 g/mol. The first-order valence-electron chi connectivity index (χ1n) is 7.31. The van der Waals surface area contributed by atoms with E-state index in [0.717, 1.165) is 12.1 Å². The summed E-state index contributed by atoms with van der Waals surface area (Å²) >= 11 is 0. The number of nitrogens with one attached hydrogen (secondary N) is 1. The molecular weight excluding hydrogens is 307 g/mol. The second-order valence-corrected chi connectivity index (χ2v) is 6.51. The lowest BCUT2D eigenvalue weighted by Crippen LogP contribution is -2.19. The number of alkyl halides is 3. The van der Waals surface area contributed by atoms with E-state index in [4.69, 9.17) is 4.52 Å². The van der Waals surface area contributed by atoms with Gasteiger partial charge >= 0.3 is 6.18 Å². The van der Waals surface area contributed by atoms with Gasteiger partial charge in [0.25, 0.3) is 0 Å². The summed E-state index contributed by atoms with van der Waals surface area (Å²) in [4.78, 5) is 4.33. The lowest BCUT2D eigenvalue weighted by atomic mass is 9.96. The minimum absolute atomic E-state index is 0.220. The van der Waals surface area contributed by atoms with E-state index in [2.05, 4.69) is 15.5 Å². The van der Waals surface area contributed by atoms with Crippen molar-refractivity contribution in [2.45, 2.75) is 51.9 Å². The summed E-state index contributed by atoms with van der Waals surface area (Å²) in [6, 6.07) is 4.97. The lowest BCUT2D eigenvalue weighted by molar-refractivity contribution is -0.137. The van der Waals surface area contributed by atoms with Crippen molar-refractivity contribution in [2.75, 3.05) is 0 Å². The number of rotatable bonds is 4. The van der Waals surface area contributed by atoms with Crippen molar-refractivity contribution in [2.24, 2.45) is 0 Å². The highest BCUT2D eigenvalue weighted by Gasteiger charge is 2.30. The maximum absolute atomic E-state index is 12.7. The molecule has 2 aromatic rings. The van der Waals surface area contributed by atoms with Crippen LogP contribution in [0.5, 0.6) is 0 Å². The molecule has 0 saturated heterocycles. The molecule has 0 radical (unpaired) electrons. The molecule has 23 heavy (non-hydrogen) atoms. The molecule has 0 fully saturated rings. The van der Waals surface area contributed by atoms with Crippen LogP contribution >= 0.6 is 0 Å². The molecule has 0 saturated carbocycles. The van der Waals surface area contributed by atoms with Gasteiger partial charge < -0.3 is 9.84 Å². The highest BCUT2D eigenvalue weighted by Crippen LogP contribution is 2.29. The number of benzene rings is 1. The summed E-state index contributed by atoms with van der Waals surface area (Å²) in [6.45, 7) is 8.03. The van der Waals surface area contributed by atoms with Gasteiger partial charge in [-0.15, -0.1) is 0 Å². The fourth-order valence-corrected chi connectivity index (χ4v) is 1.93. The van der Waals surface area contributed by atoms with Crippen LogP contribution in [0.1, 0.15) is 56.6 Å². The lowest BCUT2D eigenvalue weighted by Gasteiger charge is -2.13. The fraction of sp³-hybridized carbons (Fsp3) is 0.500. The zero-order valence-electron chi connectivity index (χ0n) is 13.5. The number of aromatic nitrogens is 2. The SMILES string of the molecule is CC(NCc1cccc(C(F)(F)F)c1)c1nc(C(C)(C)C)no1. The molecule has 1 unspecified atom stereocenters. The smallest absolute Gasteiger partial charge is 0.338 e. The summed E-state index contributed by atoms with van der Waals surface area (Å²) in [5.41, 5.74) is -0.331. The molecule has 1 aromatic carbocycles. The van der Waals surface area contributed by atoms with Crippen molar-refractivity contribution < 1.29 is 17.7 Å². The Hall–Kier alpha value is -1.89. The Morgan fingerprint density at radius 3 is 2.48 bits per heavy atom. The summed E-state index contributed by atoms with van der Waals surface area (Å²) in [5.74, 6) is 1.02. The molecule has 0 bridgehead atoms. The van der Waals surface area contributed by atoms with Crippen LogP contribution in [0, 0.1) is 0 Å². The van der Waals surface area contributed by atoms with Crippen molar-refractivity contribution in [1.29, 1.82) is 0 Å². The zero-order valence-corrected chi connectivity index (χ0v) is 13.5. The molecule has 0 amide bonds. The molecule has 0 aliphatic rings. The normalized spacial score (nSPS) is 14.0. The Morgan fingerprint density at radius 2 is 1.91 bits per heavy atom. The summed E-state index contributed by atoms with van der Waals surface area (Å²) in [5, 5.41) is 7.03. The fourth-order valence-electron chi connectivity index (χ4n) is 1.93. The molecule has 7 heteroatoms. The van der Waals surface area contributed by atoms with Crippen LogP contribution in [0.4, 0.5) is 13.2 Å². The molecule has 1 atom stereocenters. The van der Waals surface area contributed by atoms with Gasteiger partial charge in [-0.25, -0.2) is 0 Å². The zero-order chi connectivity index (χ0) is 17.3. The van der Waals surface area contributed by atoms with Crippen LogP contribution in [0.25, 0.3) is 0 Å². The van der Waals surface area contributed by atoms with Crippen molar-refractivity contribution in [3.8, 4) is 0 Å². The van der Waals surface area contributed by atoms with E-state index in [1.807, 2.05) is 27.7 Å². The Labute approximate surface area is 133 Å². The van der Waals surface area contributed by atoms with Crippen LogP contribution in [-0.2, 0) is 18.1 Å². The van der Waals surface area contributed by atoms with Crippen LogP contribution in [0.2, 0.25) is 0 Å². The van der Waals surface area contributed by atoms with Crippen LogP contribution in [0.15, 0.2) is 28.8 Å². The Bertz CT molecular complexity index is 659. The third-order valence-corrected chi connectivity index (χ3v) is 3.35. The van der Waals surface area contributed by atoms with Crippen molar-refractivity contribution >= 4 is 0 Å². The van der Waals surface area contributed by atoms with Crippen molar-refractivity contribution in [1.82, 2.24) is 15.5 Å². The first-order valence-corrected chi connectivity index (χ1v) is 7.31. The molecule has 0 aliphatic heterocycles. The highest BCUT2D eigenvalue weighted by molar-refractivity contribution is 5.25. The first-order chi connectivity index (χ1) is 10.6. The van der Waals surface area contributed by atoms with Gasteiger partial charge in [0.05, 0.1) is 11.6 Å². The quantitative estimate of drug-likeness (QED) is 0.913. The molecule has 4 nitrogen and oxygen atoms in total. The van der Waals surface area contributed by atoms with E-state index in [0.29, 0.717) is 17.3 Å². The van der Waals surface area contributed by atoms with Gasteiger partial charge in [0, 0.05) is 12.0 Å². The van der Waals surface area contributed by atoms with Crippen LogP contribution in [0.3, 0.4) is 0 Å². The molecule has 126 valence electrons. The average molecular weight is 327 g/mol. The van der Waals surface area contributed by atoms with Gasteiger partial charge in [0.1, 0.15) is 0 Å². The molecule has 2 rings (SSSR count). The molecule has 1 heterocycles. The van der Waals surface area contributed by atoms with E-state index in [1.165, 1.54) is 6.07 Å². The molecule has 1 aromatic heterocycles. The minimum Gasteiger partial charge on any atom is -0.338 e. The van der Waals surface area contributed by atoms with Crippen molar-refractivity contribution in [3.05, 3.63) is 47.1 Å². The van der Waals surface area contributed by atoms with E-state index in [9.17, 15) is 13.2 Å². The Balaban J connectivity index is 2.02. The number of nitrogens with zero attached hydrogens (tertiary/aromatic N) is 2. The largest absolute Gasteiger partial charge is 0.416 e. The predicted octanol–water partition coefficient (Wildman–Crippen LogP) is 4.24. The summed E-state index contributed by atoms with van der Waals surface area (Å²) in [6.07, 6.45) is -4.34. The van der Waals surface area contributed by atoms with Gasteiger partial charge in [0.15, 0.2) is 5.82 Å². The third kappa shape index (κ3) is 4.54. The molecule has 1 N–H and O–H groups in total. The maximum Gasteiger partial charge on any atom is 0.416 e. The van der Waals surface area contributed by atoms with Crippen LogP contribution < -0.4 is 5.32 Å².